The maximum Gasteiger partial charge on any atom is 0.140 e. The summed E-state index contributed by atoms with van der Waals surface area (Å²) in [5.74, 6) is 0.875. The zero-order chi connectivity index (χ0) is 13.2. The summed E-state index contributed by atoms with van der Waals surface area (Å²) < 4.78 is 8.08. The molecule has 0 radical (unpaired) electrons. The summed E-state index contributed by atoms with van der Waals surface area (Å²) in [4.78, 5) is 4.55. The molecule has 2 nitrogen and oxygen atoms in total. The molecule has 0 saturated heterocycles. The first-order valence-corrected chi connectivity index (χ1v) is 7.57. The van der Waals surface area contributed by atoms with Crippen molar-refractivity contribution in [1.82, 2.24) is 4.98 Å². The van der Waals surface area contributed by atoms with E-state index >= 15 is 0 Å². The van der Waals surface area contributed by atoms with Gasteiger partial charge in [0.25, 0.3) is 0 Å². The molecule has 0 aliphatic carbocycles. The highest BCUT2D eigenvalue weighted by atomic mass is 79.9. The van der Waals surface area contributed by atoms with Crippen molar-refractivity contribution >= 4 is 37.5 Å². The van der Waals surface area contributed by atoms with E-state index in [0.29, 0.717) is 6.61 Å². The van der Waals surface area contributed by atoms with Crippen LogP contribution >= 0.6 is 27.3 Å². The summed E-state index contributed by atoms with van der Waals surface area (Å²) >= 11 is 5.16. The SMILES string of the molecule is Cc1cc(OCc2nc3ccccc3s2)ccc1Br. The molecule has 4 heteroatoms. The largest absolute Gasteiger partial charge is 0.486 e. The normalized spacial score (nSPS) is 10.8. The van der Waals surface area contributed by atoms with Crippen LogP contribution in [0.15, 0.2) is 46.9 Å². The zero-order valence-electron chi connectivity index (χ0n) is 10.4. The zero-order valence-corrected chi connectivity index (χ0v) is 12.8. The number of para-hydroxylation sites is 1. The Labute approximate surface area is 124 Å². The fourth-order valence-corrected chi connectivity index (χ4v) is 2.96. The maximum atomic E-state index is 5.78. The number of nitrogens with zero attached hydrogens (tertiary/aromatic N) is 1. The average molecular weight is 334 g/mol. The summed E-state index contributed by atoms with van der Waals surface area (Å²) in [7, 11) is 0. The molecular weight excluding hydrogens is 322 g/mol. The van der Waals surface area contributed by atoms with Crippen LogP contribution in [0.2, 0.25) is 0 Å². The van der Waals surface area contributed by atoms with Crippen LogP contribution in [0.4, 0.5) is 0 Å². The number of halogens is 1. The van der Waals surface area contributed by atoms with Crippen LogP contribution in [-0.2, 0) is 6.61 Å². The highest BCUT2D eigenvalue weighted by Gasteiger charge is 2.04. The first-order valence-electron chi connectivity index (χ1n) is 5.96. The number of hydrogen-bond acceptors (Lipinski definition) is 3. The molecule has 96 valence electrons. The Kier molecular flexibility index (Phi) is 3.53. The number of benzene rings is 2. The highest BCUT2D eigenvalue weighted by Crippen LogP contribution is 2.25. The van der Waals surface area contributed by atoms with Crippen molar-refractivity contribution in [3.05, 3.63) is 57.5 Å². The standard InChI is InChI=1S/C15H12BrNOS/c1-10-8-11(6-7-12(10)16)18-9-15-17-13-4-2-3-5-14(13)19-15/h2-8H,9H2,1H3. The van der Waals surface area contributed by atoms with Crippen LogP contribution in [0.25, 0.3) is 10.2 Å². The van der Waals surface area contributed by atoms with E-state index in [2.05, 4.69) is 33.9 Å². The first kappa shape index (κ1) is 12.6. The Balaban J connectivity index is 1.76. The molecule has 0 N–H and O–H groups in total. The molecule has 0 amide bonds. The Morgan fingerprint density at radius 3 is 2.84 bits per heavy atom. The highest BCUT2D eigenvalue weighted by molar-refractivity contribution is 9.10. The van der Waals surface area contributed by atoms with Crippen LogP contribution < -0.4 is 4.74 Å². The van der Waals surface area contributed by atoms with Gasteiger partial charge in [-0.3, -0.25) is 0 Å². The third kappa shape index (κ3) is 2.80. The Hall–Kier alpha value is -1.39. The van der Waals surface area contributed by atoms with Crippen molar-refractivity contribution in [1.29, 1.82) is 0 Å². The van der Waals surface area contributed by atoms with Crippen molar-refractivity contribution in [2.75, 3.05) is 0 Å². The molecule has 1 aromatic heterocycles. The quantitative estimate of drug-likeness (QED) is 0.676. The van der Waals surface area contributed by atoms with E-state index in [1.165, 1.54) is 10.3 Å². The number of fused-ring (bicyclic) bond motifs is 1. The van der Waals surface area contributed by atoms with E-state index in [9.17, 15) is 0 Å². The predicted molar refractivity (Wildman–Crippen MR) is 82.8 cm³/mol. The second-order valence-corrected chi connectivity index (χ2v) is 6.24. The molecule has 1 heterocycles. The third-order valence-electron chi connectivity index (χ3n) is 2.83. The summed E-state index contributed by atoms with van der Waals surface area (Å²) in [5, 5.41) is 1.00. The monoisotopic (exact) mass is 333 g/mol. The van der Waals surface area contributed by atoms with Gasteiger partial charge >= 0.3 is 0 Å². The lowest BCUT2D eigenvalue weighted by molar-refractivity contribution is 0.305. The minimum atomic E-state index is 0.514. The fourth-order valence-electron chi connectivity index (χ4n) is 1.83. The Morgan fingerprint density at radius 2 is 2.05 bits per heavy atom. The summed E-state index contributed by atoms with van der Waals surface area (Å²) in [6, 6.07) is 14.1. The number of hydrogen-bond donors (Lipinski definition) is 0. The molecule has 2 aromatic carbocycles. The van der Waals surface area contributed by atoms with Crippen molar-refractivity contribution in [3.8, 4) is 5.75 Å². The van der Waals surface area contributed by atoms with Crippen molar-refractivity contribution < 1.29 is 4.74 Å². The van der Waals surface area contributed by atoms with Crippen molar-refractivity contribution in [2.45, 2.75) is 13.5 Å². The molecular formula is C15H12BrNOS. The average Bonchev–Trinajstić information content (AvgIpc) is 2.83. The number of aryl methyl sites for hydroxylation is 1. The lowest BCUT2D eigenvalue weighted by Gasteiger charge is -2.05. The van der Waals surface area contributed by atoms with Crippen LogP contribution in [0.1, 0.15) is 10.6 Å². The van der Waals surface area contributed by atoms with Gasteiger partial charge < -0.3 is 4.74 Å². The van der Waals surface area contributed by atoms with Crippen LogP contribution in [0.5, 0.6) is 5.75 Å². The minimum Gasteiger partial charge on any atom is -0.486 e. The Morgan fingerprint density at radius 1 is 1.21 bits per heavy atom. The Bertz CT molecular complexity index is 690. The van der Waals surface area contributed by atoms with E-state index in [-0.39, 0.29) is 0 Å². The molecule has 0 atom stereocenters. The van der Waals surface area contributed by atoms with Gasteiger partial charge in [0.15, 0.2) is 0 Å². The molecule has 0 unspecified atom stereocenters. The maximum absolute atomic E-state index is 5.78. The van der Waals surface area contributed by atoms with E-state index in [1.54, 1.807) is 11.3 Å². The second-order valence-electron chi connectivity index (χ2n) is 4.27. The summed E-state index contributed by atoms with van der Waals surface area (Å²) in [5.41, 5.74) is 2.21. The second kappa shape index (κ2) is 5.31. The van der Waals surface area contributed by atoms with E-state index in [4.69, 9.17) is 4.74 Å². The molecule has 3 aromatic rings. The predicted octanol–water partition coefficient (Wildman–Crippen LogP) is 4.95. The minimum absolute atomic E-state index is 0.514. The van der Waals surface area contributed by atoms with Gasteiger partial charge in [0.05, 0.1) is 10.2 Å². The summed E-state index contributed by atoms with van der Waals surface area (Å²) in [6.45, 7) is 2.56. The molecule has 0 aliphatic heterocycles. The smallest absolute Gasteiger partial charge is 0.140 e. The molecule has 0 spiro atoms. The number of thiazole rings is 1. The first-order chi connectivity index (χ1) is 9.22. The van der Waals surface area contributed by atoms with E-state index < -0.39 is 0 Å². The molecule has 3 rings (SSSR count). The van der Waals surface area contributed by atoms with Crippen LogP contribution in [0, 0.1) is 6.92 Å². The lowest BCUT2D eigenvalue weighted by Crippen LogP contribution is -1.94. The molecule has 0 bridgehead atoms. The number of aromatic nitrogens is 1. The lowest BCUT2D eigenvalue weighted by atomic mass is 10.2. The molecule has 0 saturated carbocycles. The van der Waals surface area contributed by atoms with E-state index in [0.717, 1.165) is 20.7 Å². The van der Waals surface area contributed by atoms with Gasteiger partial charge in [0.2, 0.25) is 0 Å². The van der Waals surface area contributed by atoms with Gasteiger partial charge in [0, 0.05) is 4.47 Å². The van der Waals surface area contributed by atoms with Gasteiger partial charge in [0.1, 0.15) is 17.4 Å². The number of ether oxygens (including phenoxy) is 1. The van der Waals surface area contributed by atoms with Gasteiger partial charge in [-0.2, -0.15) is 0 Å². The van der Waals surface area contributed by atoms with Gasteiger partial charge in [-0.1, -0.05) is 28.1 Å². The van der Waals surface area contributed by atoms with Crippen LogP contribution in [0.3, 0.4) is 0 Å². The third-order valence-corrected chi connectivity index (χ3v) is 4.73. The topological polar surface area (TPSA) is 22.1 Å². The number of rotatable bonds is 3. The van der Waals surface area contributed by atoms with Gasteiger partial charge in [-0.15, -0.1) is 11.3 Å². The summed E-state index contributed by atoms with van der Waals surface area (Å²) in [6.07, 6.45) is 0. The molecule has 0 aliphatic rings. The van der Waals surface area contributed by atoms with Gasteiger partial charge in [-0.25, -0.2) is 4.98 Å². The van der Waals surface area contributed by atoms with Crippen molar-refractivity contribution in [3.63, 3.8) is 0 Å². The molecule has 0 fully saturated rings. The van der Waals surface area contributed by atoms with E-state index in [1.807, 2.05) is 36.4 Å². The van der Waals surface area contributed by atoms with Crippen LogP contribution in [-0.4, -0.2) is 4.98 Å². The van der Waals surface area contributed by atoms with Crippen molar-refractivity contribution in [2.24, 2.45) is 0 Å². The van der Waals surface area contributed by atoms with Gasteiger partial charge in [-0.05, 0) is 42.8 Å². The molecule has 19 heavy (non-hydrogen) atoms. The fraction of sp³-hybridized carbons (Fsp3) is 0.133.